The molecular weight excluding hydrogens is 290 g/mol. The Bertz CT molecular complexity index is 623. The first-order valence-corrected chi connectivity index (χ1v) is 7.66. The van der Waals surface area contributed by atoms with Crippen molar-refractivity contribution in [3.8, 4) is 0 Å². The van der Waals surface area contributed by atoms with Crippen molar-refractivity contribution in [2.45, 2.75) is 36.6 Å². The van der Waals surface area contributed by atoms with Gasteiger partial charge in [0.25, 0.3) is 0 Å². The maximum Gasteiger partial charge on any atom is 0.324 e. The minimum Gasteiger partial charge on any atom is -0.480 e. The fraction of sp³-hybridized carbons (Fsp3) is 0.417. The van der Waals surface area contributed by atoms with E-state index < -0.39 is 21.5 Å². The monoisotopic (exact) mass is 303 g/mol. The van der Waals surface area contributed by atoms with Crippen LogP contribution in [-0.4, -0.2) is 25.0 Å². The van der Waals surface area contributed by atoms with Crippen LogP contribution in [0.4, 0.5) is 0 Å². The number of nitrogens with one attached hydrogen (secondary N) is 1. The number of hydrogen-bond donors (Lipinski definition) is 2. The van der Waals surface area contributed by atoms with Gasteiger partial charge in [0.15, 0.2) is 0 Å². The quantitative estimate of drug-likeness (QED) is 0.890. The maximum atomic E-state index is 12.3. The first kappa shape index (κ1) is 14.3. The van der Waals surface area contributed by atoms with Crippen LogP contribution in [0.3, 0.4) is 0 Å². The zero-order chi connectivity index (χ0) is 14.3. The van der Waals surface area contributed by atoms with Crippen molar-refractivity contribution in [2.24, 2.45) is 0 Å². The molecule has 1 aromatic rings. The van der Waals surface area contributed by atoms with Crippen molar-refractivity contribution >= 4 is 27.6 Å². The van der Waals surface area contributed by atoms with E-state index in [1.165, 1.54) is 6.07 Å². The Labute approximate surface area is 116 Å². The number of carbonyl (C=O) groups is 1. The number of carboxylic acid groups (broad SMARTS) is 1. The van der Waals surface area contributed by atoms with E-state index in [2.05, 4.69) is 4.72 Å². The molecule has 7 heteroatoms. The summed E-state index contributed by atoms with van der Waals surface area (Å²) >= 11 is 5.80. The van der Waals surface area contributed by atoms with Crippen LogP contribution in [-0.2, 0) is 14.8 Å². The van der Waals surface area contributed by atoms with Gasteiger partial charge in [-0.25, -0.2) is 8.42 Å². The van der Waals surface area contributed by atoms with Crippen molar-refractivity contribution in [1.29, 1.82) is 0 Å². The number of rotatable bonds is 4. The molecule has 0 radical (unpaired) electrons. The van der Waals surface area contributed by atoms with Crippen molar-refractivity contribution in [2.75, 3.05) is 0 Å². The van der Waals surface area contributed by atoms with Gasteiger partial charge in [-0.2, -0.15) is 4.72 Å². The van der Waals surface area contributed by atoms with Gasteiger partial charge in [-0.05, 0) is 43.9 Å². The summed E-state index contributed by atoms with van der Waals surface area (Å²) in [4.78, 5) is 11.2. The van der Waals surface area contributed by atoms with Crippen molar-refractivity contribution in [3.05, 3.63) is 28.8 Å². The Kier molecular flexibility index (Phi) is 3.59. The van der Waals surface area contributed by atoms with E-state index in [1.807, 2.05) is 0 Å². The topological polar surface area (TPSA) is 83.5 Å². The van der Waals surface area contributed by atoms with Gasteiger partial charge in [-0.15, -0.1) is 0 Å². The van der Waals surface area contributed by atoms with Crippen molar-refractivity contribution < 1.29 is 18.3 Å². The van der Waals surface area contributed by atoms with Crippen LogP contribution in [0.2, 0.25) is 5.02 Å². The molecule has 0 bridgehead atoms. The molecular formula is C12H14ClNO4S. The van der Waals surface area contributed by atoms with Crippen molar-refractivity contribution in [1.82, 2.24) is 4.72 Å². The van der Waals surface area contributed by atoms with Crippen LogP contribution in [0.5, 0.6) is 0 Å². The molecule has 1 fully saturated rings. The number of halogens is 1. The highest BCUT2D eigenvalue weighted by Gasteiger charge is 2.47. The Balaban J connectivity index is 2.38. The molecule has 1 aromatic carbocycles. The lowest BCUT2D eigenvalue weighted by Crippen LogP contribution is -2.58. The summed E-state index contributed by atoms with van der Waals surface area (Å²) in [5.74, 6) is -1.14. The summed E-state index contributed by atoms with van der Waals surface area (Å²) in [6.07, 6.45) is 1.31. The number of carboxylic acids is 1. The molecule has 0 amide bonds. The van der Waals surface area contributed by atoms with Gasteiger partial charge >= 0.3 is 5.97 Å². The second-order valence-corrected chi connectivity index (χ2v) is 6.84. The number of benzene rings is 1. The predicted molar refractivity (Wildman–Crippen MR) is 70.7 cm³/mol. The van der Waals surface area contributed by atoms with Gasteiger partial charge in [0.1, 0.15) is 5.54 Å². The highest BCUT2D eigenvalue weighted by Crippen LogP contribution is 2.34. The minimum absolute atomic E-state index is 0.0209. The third-order valence-corrected chi connectivity index (χ3v) is 5.30. The Morgan fingerprint density at radius 1 is 1.42 bits per heavy atom. The zero-order valence-electron chi connectivity index (χ0n) is 10.3. The Hall–Kier alpha value is -1.11. The van der Waals surface area contributed by atoms with Crippen LogP contribution >= 0.6 is 11.6 Å². The zero-order valence-corrected chi connectivity index (χ0v) is 11.9. The summed E-state index contributed by atoms with van der Waals surface area (Å²) in [6.45, 7) is 1.64. The van der Waals surface area contributed by atoms with E-state index in [4.69, 9.17) is 16.7 Å². The van der Waals surface area contributed by atoms with Gasteiger partial charge in [0.05, 0.1) is 4.90 Å². The van der Waals surface area contributed by atoms with E-state index >= 15 is 0 Å². The van der Waals surface area contributed by atoms with Crippen LogP contribution in [0.15, 0.2) is 23.1 Å². The summed E-state index contributed by atoms with van der Waals surface area (Å²) in [6, 6.07) is 4.50. The first-order valence-electron chi connectivity index (χ1n) is 5.80. The molecule has 0 aromatic heterocycles. The first-order chi connectivity index (χ1) is 8.77. The van der Waals surface area contributed by atoms with E-state index in [-0.39, 0.29) is 4.90 Å². The third-order valence-electron chi connectivity index (χ3n) is 3.39. The average Bonchev–Trinajstić information content (AvgIpc) is 2.26. The second-order valence-electron chi connectivity index (χ2n) is 4.76. The van der Waals surface area contributed by atoms with Gasteiger partial charge < -0.3 is 5.11 Å². The third kappa shape index (κ3) is 2.61. The lowest BCUT2D eigenvalue weighted by atomic mass is 9.78. The summed E-state index contributed by atoms with van der Waals surface area (Å²) in [5.41, 5.74) is -0.843. The molecule has 0 aliphatic heterocycles. The van der Waals surface area contributed by atoms with E-state index in [0.717, 1.165) is 0 Å². The van der Waals surface area contributed by atoms with Crippen LogP contribution in [0.1, 0.15) is 24.8 Å². The fourth-order valence-electron chi connectivity index (χ4n) is 2.07. The number of sulfonamides is 1. The molecule has 0 spiro atoms. The van der Waals surface area contributed by atoms with E-state index in [1.54, 1.807) is 19.1 Å². The van der Waals surface area contributed by atoms with Gasteiger partial charge in [0.2, 0.25) is 10.0 Å². The molecule has 0 unspecified atom stereocenters. The van der Waals surface area contributed by atoms with Crippen LogP contribution < -0.4 is 4.72 Å². The highest BCUT2D eigenvalue weighted by atomic mass is 35.5. The molecule has 2 rings (SSSR count). The van der Waals surface area contributed by atoms with Gasteiger partial charge in [0, 0.05) is 5.02 Å². The second kappa shape index (κ2) is 4.77. The SMILES string of the molecule is Cc1ccc(Cl)cc1S(=O)(=O)NC1(C(=O)O)CCC1. The number of aliphatic carboxylic acids is 1. The number of aryl methyl sites for hydroxylation is 1. The lowest BCUT2D eigenvalue weighted by molar-refractivity contribution is -0.147. The molecule has 1 aliphatic rings. The highest BCUT2D eigenvalue weighted by molar-refractivity contribution is 7.89. The normalized spacial score (nSPS) is 17.8. The molecule has 1 aliphatic carbocycles. The van der Waals surface area contributed by atoms with Gasteiger partial charge in [-0.1, -0.05) is 17.7 Å². The Morgan fingerprint density at radius 3 is 2.53 bits per heavy atom. The summed E-state index contributed by atoms with van der Waals surface area (Å²) in [5, 5.41) is 9.46. The molecule has 1 saturated carbocycles. The molecule has 2 N–H and O–H groups in total. The number of hydrogen-bond acceptors (Lipinski definition) is 3. The Morgan fingerprint density at radius 2 is 2.05 bits per heavy atom. The predicted octanol–water partition coefficient (Wildman–Crippen LogP) is 1.93. The van der Waals surface area contributed by atoms with Crippen LogP contribution in [0.25, 0.3) is 0 Å². The standard InChI is InChI=1S/C12H14ClNO4S/c1-8-3-4-9(13)7-10(8)19(17,18)14-12(11(15)16)5-2-6-12/h3-4,7,14H,2,5-6H2,1H3,(H,15,16). The molecule has 19 heavy (non-hydrogen) atoms. The smallest absolute Gasteiger partial charge is 0.324 e. The van der Waals surface area contributed by atoms with E-state index in [9.17, 15) is 13.2 Å². The largest absolute Gasteiger partial charge is 0.480 e. The molecule has 5 nitrogen and oxygen atoms in total. The summed E-state index contributed by atoms with van der Waals surface area (Å²) in [7, 11) is -3.89. The van der Waals surface area contributed by atoms with Gasteiger partial charge in [-0.3, -0.25) is 4.79 Å². The summed E-state index contributed by atoms with van der Waals surface area (Å²) < 4.78 is 26.9. The van der Waals surface area contributed by atoms with Crippen LogP contribution in [0, 0.1) is 6.92 Å². The lowest BCUT2D eigenvalue weighted by Gasteiger charge is -2.37. The maximum absolute atomic E-state index is 12.3. The van der Waals surface area contributed by atoms with E-state index in [0.29, 0.717) is 29.8 Å². The van der Waals surface area contributed by atoms with Crippen molar-refractivity contribution in [3.63, 3.8) is 0 Å². The molecule has 0 atom stereocenters. The molecule has 0 saturated heterocycles. The fourth-order valence-corrected chi connectivity index (χ4v) is 3.99. The average molecular weight is 304 g/mol. The molecule has 104 valence electrons. The minimum atomic E-state index is -3.89. The molecule has 0 heterocycles.